The second-order valence-electron chi connectivity index (χ2n) is 5.41. The van der Waals surface area contributed by atoms with Crippen molar-refractivity contribution in [1.29, 1.82) is 0 Å². The summed E-state index contributed by atoms with van der Waals surface area (Å²) in [4.78, 5) is 12.0. The first-order valence-corrected chi connectivity index (χ1v) is 7.24. The van der Waals surface area contributed by atoms with Crippen molar-refractivity contribution in [2.45, 2.75) is 44.6 Å². The van der Waals surface area contributed by atoms with E-state index < -0.39 is 40.3 Å². The Morgan fingerprint density at radius 2 is 1.59 bits per heavy atom. The van der Waals surface area contributed by atoms with E-state index in [1.807, 2.05) is 0 Å². The molecule has 120 valence electrons. The molecule has 0 unspecified atom stereocenters. The maximum atomic E-state index is 14.0. The van der Waals surface area contributed by atoms with Gasteiger partial charge in [-0.2, -0.15) is 0 Å². The molecule has 1 saturated carbocycles. The van der Waals surface area contributed by atoms with Gasteiger partial charge in [-0.1, -0.05) is 25.3 Å². The molecule has 0 radical (unpaired) electrons. The number of nitrogens with one attached hydrogen (secondary N) is 1. The number of halogens is 4. The fourth-order valence-corrected chi connectivity index (χ4v) is 2.70. The molecule has 0 saturated heterocycles. The Hall–Kier alpha value is -1.85. The average Bonchev–Trinajstić information content (AvgIpc) is 2.51. The zero-order chi connectivity index (χ0) is 16.3. The highest BCUT2D eigenvalue weighted by Gasteiger charge is 2.29. The lowest BCUT2D eigenvalue weighted by atomic mass is 9.95. The Morgan fingerprint density at radius 1 is 1.05 bits per heavy atom. The zero-order valence-electron chi connectivity index (χ0n) is 12.0. The van der Waals surface area contributed by atoms with Crippen LogP contribution in [0.15, 0.2) is 12.7 Å². The highest BCUT2D eigenvalue weighted by Crippen LogP contribution is 2.25. The van der Waals surface area contributed by atoms with E-state index in [0.717, 1.165) is 25.3 Å². The van der Waals surface area contributed by atoms with Gasteiger partial charge in [0, 0.05) is 11.6 Å². The normalized spacial score (nSPS) is 15.6. The minimum Gasteiger partial charge on any atom is -0.349 e. The number of benzene rings is 1. The maximum absolute atomic E-state index is 14.0. The van der Waals surface area contributed by atoms with Crippen LogP contribution in [-0.4, -0.2) is 11.9 Å². The van der Waals surface area contributed by atoms with Crippen LogP contribution in [-0.2, 0) is 6.42 Å². The number of rotatable bonds is 4. The highest BCUT2D eigenvalue weighted by molar-refractivity contribution is 5.95. The first-order chi connectivity index (χ1) is 10.5. The van der Waals surface area contributed by atoms with Gasteiger partial charge in [-0.05, 0) is 19.3 Å². The molecule has 1 amide bonds. The Morgan fingerprint density at radius 3 is 2.09 bits per heavy atom. The lowest BCUT2D eigenvalue weighted by Crippen LogP contribution is -2.37. The molecule has 6 heteroatoms. The van der Waals surface area contributed by atoms with E-state index in [4.69, 9.17) is 0 Å². The summed E-state index contributed by atoms with van der Waals surface area (Å²) in [6, 6.07) is -0.223. The minimum absolute atomic E-state index is 0.223. The highest BCUT2D eigenvalue weighted by atomic mass is 19.2. The van der Waals surface area contributed by atoms with Crippen LogP contribution in [0.5, 0.6) is 0 Å². The topological polar surface area (TPSA) is 29.1 Å². The van der Waals surface area contributed by atoms with Crippen LogP contribution < -0.4 is 5.32 Å². The van der Waals surface area contributed by atoms with Crippen LogP contribution >= 0.6 is 0 Å². The summed E-state index contributed by atoms with van der Waals surface area (Å²) in [5.74, 6) is -7.54. The molecule has 1 N–H and O–H groups in total. The van der Waals surface area contributed by atoms with Crippen molar-refractivity contribution < 1.29 is 22.4 Å². The molecule has 1 aliphatic carbocycles. The van der Waals surface area contributed by atoms with E-state index >= 15 is 0 Å². The molecular weight excluding hydrogens is 298 g/mol. The third kappa shape index (κ3) is 3.15. The second kappa shape index (κ2) is 6.94. The van der Waals surface area contributed by atoms with Gasteiger partial charge in [-0.15, -0.1) is 6.58 Å². The maximum Gasteiger partial charge on any atom is 0.257 e. The molecule has 2 nitrogen and oxygen atoms in total. The summed E-state index contributed by atoms with van der Waals surface area (Å²) in [7, 11) is 0. The minimum atomic E-state index is -1.66. The summed E-state index contributed by atoms with van der Waals surface area (Å²) in [5, 5.41) is 2.45. The lowest BCUT2D eigenvalue weighted by molar-refractivity contribution is 0.0916. The number of hydrogen-bond acceptors (Lipinski definition) is 1. The molecule has 0 bridgehead atoms. The van der Waals surface area contributed by atoms with Crippen molar-refractivity contribution >= 4 is 5.91 Å². The zero-order valence-corrected chi connectivity index (χ0v) is 12.0. The van der Waals surface area contributed by atoms with Gasteiger partial charge in [0.2, 0.25) is 0 Å². The standard InChI is InChI=1S/C16H17F4NO/c1-2-6-10-12(17)14(19)11(15(20)13(10)18)16(22)21-9-7-4-3-5-8-9/h2,9H,1,3-8H2,(H,21,22). The van der Waals surface area contributed by atoms with Gasteiger partial charge in [-0.3, -0.25) is 4.79 Å². The van der Waals surface area contributed by atoms with Crippen LogP contribution in [0, 0.1) is 23.3 Å². The van der Waals surface area contributed by atoms with Gasteiger partial charge >= 0.3 is 0 Å². The molecule has 22 heavy (non-hydrogen) atoms. The van der Waals surface area contributed by atoms with Gasteiger partial charge in [0.1, 0.15) is 5.56 Å². The van der Waals surface area contributed by atoms with Gasteiger partial charge in [0.15, 0.2) is 23.3 Å². The fourth-order valence-electron chi connectivity index (χ4n) is 2.70. The quantitative estimate of drug-likeness (QED) is 0.507. The molecule has 1 fully saturated rings. The van der Waals surface area contributed by atoms with E-state index in [1.165, 1.54) is 0 Å². The van der Waals surface area contributed by atoms with E-state index in [9.17, 15) is 22.4 Å². The molecule has 2 rings (SSSR count). The van der Waals surface area contributed by atoms with Gasteiger partial charge in [0.25, 0.3) is 5.91 Å². The van der Waals surface area contributed by atoms with Crippen molar-refractivity contribution in [3.63, 3.8) is 0 Å². The molecule has 0 aliphatic heterocycles. The Labute approximate surface area is 126 Å². The predicted molar refractivity (Wildman–Crippen MR) is 74.5 cm³/mol. The van der Waals surface area contributed by atoms with E-state index in [-0.39, 0.29) is 12.5 Å². The molecule has 0 aromatic heterocycles. The van der Waals surface area contributed by atoms with Crippen molar-refractivity contribution in [1.82, 2.24) is 5.32 Å². The molecule has 0 spiro atoms. The third-order valence-electron chi connectivity index (χ3n) is 3.87. The Kier molecular flexibility index (Phi) is 5.21. The van der Waals surface area contributed by atoms with E-state index in [2.05, 4.69) is 11.9 Å². The molecular formula is C16H17F4NO. The number of carbonyl (C=O) groups excluding carboxylic acids is 1. The van der Waals surface area contributed by atoms with Crippen molar-refractivity contribution in [3.05, 3.63) is 47.1 Å². The van der Waals surface area contributed by atoms with E-state index in [0.29, 0.717) is 12.8 Å². The van der Waals surface area contributed by atoms with Crippen LogP contribution in [0.25, 0.3) is 0 Å². The smallest absolute Gasteiger partial charge is 0.257 e. The largest absolute Gasteiger partial charge is 0.349 e. The first-order valence-electron chi connectivity index (χ1n) is 7.24. The SMILES string of the molecule is C=CCc1c(F)c(F)c(C(=O)NC2CCCCC2)c(F)c1F. The molecule has 1 aliphatic rings. The predicted octanol–water partition coefficient (Wildman–Crippen LogP) is 4.03. The van der Waals surface area contributed by atoms with Crippen LogP contribution in [0.3, 0.4) is 0 Å². The second-order valence-corrected chi connectivity index (χ2v) is 5.41. The molecule has 1 aromatic carbocycles. The fraction of sp³-hybridized carbons (Fsp3) is 0.438. The van der Waals surface area contributed by atoms with Crippen molar-refractivity contribution in [2.75, 3.05) is 0 Å². The first kappa shape index (κ1) is 16.5. The lowest BCUT2D eigenvalue weighted by Gasteiger charge is -2.23. The summed E-state index contributed by atoms with van der Waals surface area (Å²) in [6.07, 6.45) is 4.98. The number of carbonyl (C=O) groups is 1. The summed E-state index contributed by atoms with van der Waals surface area (Å²) >= 11 is 0. The van der Waals surface area contributed by atoms with Crippen LogP contribution in [0.2, 0.25) is 0 Å². The summed E-state index contributed by atoms with van der Waals surface area (Å²) < 4.78 is 55.5. The van der Waals surface area contributed by atoms with E-state index in [1.54, 1.807) is 0 Å². The Balaban J connectivity index is 2.33. The van der Waals surface area contributed by atoms with Crippen LogP contribution in [0.4, 0.5) is 17.6 Å². The molecule has 1 aromatic rings. The average molecular weight is 315 g/mol. The van der Waals surface area contributed by atoms with Crippen LogP contribution in [0.1, 0.15) is 48.0 Å². The summed E-state index contributed by atoms with van der Waals surface area (Å²) in [6.45, 7) is 3.27. The Bertz CT molecular complexity index is 565. The van der Waals surface area contributed by atoms with Gasteiger partial charge < -0.3 is 5.32 Å². The number of allylic oxidation sites excluding steroid dienone is 1. The monoisotopic (exact) mass is 315 g/mol. The van der Waals surface area contributed by atoms with Gasteiger partial charge in [-0.25, -0.2) is 17.6 Å². The number of hydrogen-bond donors (Lipinski definition) is 1. The van der Waals surface area contributed by atoms with Crippen molar-refractivity contribution in [3.8, 4) is 0 Å². The van der Waals surface area contributed by atoms with Crippen molar-refractivity contribution in [2.24, 2.45) is 0 Å². The summed E-state index contributed by atoms with van der Waals surface area (Å²) in [5.41, 5.74) is -1.97. The molecule has 0 heterocycles. The third-order valence-corrected chi connectivity index (χ3v) is 3.87. The number of amides is 1. The molecule has 0 atom stereocenters. The van der Waals surface area contributed by atoms with Gasteiger partial charge in [0.05, 0.1) is 0 Å².